The number of hydrogen-bond donors (Lipinski definition) is 1. The van der Waals surface area contributed by atoms with Crippen LogP contribution in [0, 0.1) is 6.92 Å². The second kappa shape index (κ2) is 5.64. The van der Waals surface area contributed by atoms with Gasteiger partial charge in [0, 0.05) is 24.2 Å². The largest absolute Gasteiger partial charge is 0.423 e. The molecule has 8 heteroatoms. The number of rotatable bonds is 4. The molecule has 0 aliphatic rings. The molecule has 0 atom stereocenters. The maximum absolute atomic E-state index is 12.4. The fourth-order valence-electron chi connectivity index (χ4n) is 2.19. The van der Waals surface area contributed by atoms with Crippen molar-refractivity contribution in [3.05, 3.63) is 58.2 Å². The normalized spacial score (nSPS) is 11.9. The second-order valence-corrected chi connectivity index (χ2v) is 6.95. The molecule has 0 aliphatic carbocycles. The minimum atomic E-state index is -3.68. The lowest BCUT2D eigenvalue weighted by Gasteiger charge is -2.06. The van der Waals surface area contributed by atoms with E-state index in [1.54, 1.807) is 11.7 Å². The molecule has 1 N–H and O–H groups in total. The van der Waals surface area contributed by atoms with Gasteiger partial charge in [-0.15, -0.1) is 0 Å². The van der Waals surface area contributed by atoms with Gasteiger partial charge < -0.3 is 4.42 Å². The van der Waals surface area contributed by atoms with Crippen LogP contribution in [-0.4, -0.2) is 18.2 Å². The summed E-state index contributed by atoms with van der Waals surface area (Å²) in [6.07, 6.45) is 0. The predicted octanol–water partition coefficient (Wildman–Crippen LogP) is 1.31. The number of fused-ring (bicyclic) bond motifs is 1. The predicted molar refractivity (Wildman–Crippen MR) is 84.5 cm³/mol. The zero-order valence-corrected chi connectivity index (χ0v) is 13.4. The second-order valence-electron chi connectivity index (χ2n) is 5.18. The Morgan fingerprint density at radius 1 is 1.22 bits per heavy atom. The van der Waals surface area contributed by atoms with Crippen molar-refractivity contribution in [1.82, 2.24) is 14.5 Å². The molecule has 0 radical (unpaired) electrons. The number of aryl methyl sites for hydroxylation is 2. The molecule has 0 amide bonds. The van der Waals surface area contributed by atoms with E-state index >= 15 is 0 Å². The van der Waals surface area contributed by atoms with Crippen LogP contribution in [-0.2, 0) is 23.6 Å². The zero-order valence-electron chi connectivity index (χ0n) is 12.6. The lowest BCUT2D eigenvalue weighted by Crippen LogP contribution is -2.23. The molecule has 0 spiro atoms. The number of aromatic nitrogens is 2. The Morgan fingerprint density at radius 2 is 2.00 bits per heavy atom. The van der Waals surface area contributed by atoms with Crippen LogP contribution in [0.5, 0.6) is 0 Å². The number of hydrogen-bond acceptors (Lipinski definition) is 5. The van der Waals surface area contributed by atoms with Crippen molar-refractivity contribution < 1.29 is 12.8 Å². The van der Waals surface area contributed by atoms with E-state index in [1.165, 1.54) is 30.3 Å². The van der Waals surface area contributed by atoms with E-state index in [4.69, 9.17) is 4.42 Å². The first-order valence-electron chi connectivity index (χ1n) is 6.88. The lowest BCUT2D eigenvalue weighted by atomic mass is 10.2. The molecule has 0 unspecified atom stereocenters. The standard InChI is InChI=1S/C15H15N3O4S/c1-10-7-12(17-18(10)2)9-16-23(20,21)13-4-5-14-11(8-13)3-6-15(19)22-14/h3-8,16H,9H2,1-2H3. The smallest absolute Gasteiger partial charge is 0.336 e. The van der Waals surface area contributed by atoms with E-state index in [0.717, 1.165) is 5.69 Å². The molecule has 0 bridgehead atoms. The highest BCUT2D eigenvalue weighted by Gasteiger charge is 2.15. The summed E-state index contributed by atoms with van der Waals surface area (Å²) < 4.78 is 33.9. The first kappa shape index (κ1) is 15.4. The van der Waals surface area contributed by atoms with Crippen LogP contribution in [0.15, 0.2) is 50.5 Å². The van der Waals surface area contributed by atoms with Gasteiger partial charge in [-0.1, -0.05) is 0 Å². The fraction of sp³-hybridized carbons (Fsp3) is 0.200. The van der Waals surface area contributed by atoms with Crippen LogP contribution in [0.25, 0.3) is 11.0 Å². The van der Waals surface area contributed by atoms with Gasteiger partial charge in [0.1, 0.15) is 5.58 Å². The van der Waals surface area contributed by atoms with Crippen LogP contribution in [0.3, 0.4) is 0 Å². The number of sulfonamides is 1. The third-order valence-corrected chi connectivity index (χ3v) is 4.91. The molecule has 0 saturated carbocycles. The van der Waals surface area contributed by atoms with Gasteiger partial charge in [-0.05, 0) is 37.3 Å². The molecule has 1 aromatic carbocycles. The average Bonchev–Trinajstić information content (AvgIpc) is 2.83. The number of benzene rings is 1. The molecule has 0 saturated heterocycles. The van der Waals surface area contributed by atoms with E-state index in [0.29, 0.717) is 16.7 Å². The van der Waals surface area contributed by atoms with Crippen molar-refractivity contribution in [3.63, 3.8) is 0 Å². The molecule has 120 valence electrons. The molecule has 0 aliphatic heterocycles. The highest BCUT2D eigenvalue weighted by atomic mass is 32.2. The van der Waals surface area contributed by atoms with Crippen molar-refractivity contribution in [2.75, 3.05) is 0 Å². The molecule has 2 heterocycles. The average molecular weight is 333 g/mol. The van der Waals surface area contributed by atoms with Gasteiger partial charge in [-0.3, -0.25) is 4.68 Å². The maximum atomic E-state index is 12.4. The van der Waals surface area contributed by atoms with Gasteiger partial charge in [0.15, 0.2) is 0 Å². The topological polar surface area (TPSA) is 94.2 Å². The summed E-state index contributed by atoms with van der Waals surface area (Å²) in [6.45, 7) is 1.99. The van der Waals surface area contributed by atoms with Crippen molar-refractivity contribution >= 4 is 21.0 Å². The van der Waals surface area contributed by atoms with Gasteiger partial charge in [-0.25, -0.2) is 17.9 Å². The summed E-state index contributed by atoms with van der Waals surface area (Å²) in [5.74, 6) is 0. The van der Waals surface area contributed by atoms with Gasteiger partial charge in [0.05, 0.1) is 17.1 Å². The monoisotopic (exact) mass is 333 g/mol. The molecule has 0 fully saturated rings. The van der Waals surface area contributed by atoms with Crippen molar-refractivity contribution in [1.29, 1.82) is 0 Å². The Labute approximate surface area is 132 Å². The van der Waals surface area contributed by atoms with Crippen molar-refractivity contribution in [3.8, 4) is 0 Å². The molecular formula is C15H15N3O4S. The summed E-state index contributed by atoms with van der Waals surface area (Å²) in [5, 5.41) is 4.75. The Balaban J connectivity index is 1.86. The summed E-state index contributed by atoms with van der Waals surface area (Å²) in [4.78, 5) is 11.3. The van der Waals surface area contributed by atoms with Gasteiger partial charge in [-0.2, -0.15) is 5.10 Å². The van der Waals surface area contributed by atoms with Crippen LogP contribution >= 0.6 is 0 Å². The summed E-state index contributed by atoms with van der Waals surface area (Å²) >= 11 is 0. The van der Waals surface area contributed by atoms with Crippen molar-refractivity contribution in [2.45, 2.75) is 18.4 Å². The number of nitrogens with zero attached hydrogens (tertiary/aromatic N) is 2. The first-order valence-corrected chi connectivity index (χ1v) is 8.36. The van der Waals surface area contributed by atoms with E-state index in [-0.39, 0.29) is 11.4 Å². The van der Waals surface area contributed by atoms with E-state index in [9.17, 15) is 13.2 Å². The third-order valence-electron chi connectivity index (χ3n) is 3.51. The Hall–Kier alpha value is -2.45. The molecular weight excluding hydrogens is 318 g/mol. The maximum Gasteiger partial charge on any atom is 0.336 e. The minimum absolute atomic E-state index is 0.103. The van der Waals surface area contributed by atoms with E-state index in [1.807, 2.05) is 13.0 Å². The Bertz CT molecular complexity index is 1010. The number of nitrogens with one attached hydrogen (secondary N) is 1. The van der Waals surface area contributed by atoms with Gasteiger partial charge in [0.2, 0.25) is 10.0 Å². The highest BCUT2D eigenvalue weighted by Crippen LogP contribution is 2.18. The van der Waals surface area contributed by atoms with Crippen LogP contribution in [0.4, 0.5) is 0 Å². The van der Waals surface area contributed by atoms with Crippen LogP contribution < -0.4 is 10.3 Å². The van der Waals surface area contributed by atoms with Gasteiger partial charge >= 0.3 is 5.63 Å². The third kappa shape index (κ3) is 3.17. The fourth-order valence-corrected chi connectivity index (χ4v) is 3.22. The Morgan fingerprint density at radius 3 is 2.70 bits per heavy atom. The quantitative estimate of drug-likeness (QED) is 0.727. The first-order chi connectivity index (χ1) is 10.8. The van der Waals surface area contributed by atoms with Crippen LogP contribution in [0.2, 0.25) is 0 Å². The molecule has 3 rings (SSSR count). The van der Waals surface area contributed by atoms with E-state index < -0.39 is 15.6 Å². The summed E-state index contributed by atoms with van der Waals surface area (Å²) in [7, 11) is -1.89. The van der Waals surface area contributed by atoms with E-state index in [2.05, 4.69) is 9.82 Å². The molecule has 2 aromatic heterocycles. The zero-order chi connectivity index (χ0) is 16.6. The highest BCUT2D eigenvalue weighted by molar-refractivity contribution is 7.89. The summed E-state index contributed by atoms with van der Waals surface area (Å²) in [5.41, 5.74) is 1.45. The van der Waals surface area contributed by atoms with Crippen molar-refractivity contribution in [2.24, 2.45) is 7.05 Å². The molecule has 7 nitrogen and oxygen atoms in total. The van der Waals surface area contributed by atoms with Gasteiger partial charge in [0.25, 0.3) is 0 Å². The van der Waals surface area contributed by atoms with Crippen LogP contribution in [0.1, 0.15) is 11.4 Å². The SMILES string of the molecule is Cc1cc(CNS(=O)(=O)c2ccc3oc(=O)ccc3c2)nn1C. The molecule has 3 aromatic rings. The summed E-state index contributed by atoms with van der Waals surface area (Å²) in [6, 6.07) is 8.93. The lowest BCUT2D eigenvalue weighted by molar-refractivity contribution is 0.560. The minimum Gasteiger partial charge on any atom is -0.423 e. The molecule has 23 heavy (non-hydrogen) atoms. The Kier molecular flexibility index (Phi) is 3.78.